The lowest BCUT2D eigenvalue weighted by Crippen LogP contribution is -2.30. The van der Waals surface area contributed by atoms with Crippen molar-refractivity contribution in [2.75, 3.05) is 27.2 Å². The molecule has 0 aliphatic carbocycles. The van der Waals surface area contributed by atoms with Crippen molar-refractivity contribution in [3.63, 3.8) is 0 Å². The van der Waals surface area contributed by atoms with Crippen LogP contribution in [0.3, 0.4) is 0 Å². The Morgan fingerprint density at radius 3 is 2.59 bits per heavy atom. The molecule has 3 rings (SSSR count). The van der Waals surface area contributed by atoms with Crippen molar-refractivity contribution < 1.29 is 4.79 Å². The number of rotatable bonds is 8. The molecule has 0 fully saturated rings. The summed E-state index contributed by atoms with van der Waals surface area (Å²) in [7, 11) is 3.97. The molecular formula is C22H30N6O. The van der Waals surface area contributed by atoms with Gasteiger partial charge in [-0.05, 0) is 48.5 Å². The quantitative estimate of drug-likeness (QED) is 0.305. The number of hydrazine groups is 1. The first-order chi connectivity index (χ1) is 14.0. The van der Waals surface area contributed by atoms with Gasteiger partial charge in [0.25, 0.3) is 5.91 Å². The fourth-order valence-corrected chi connectivity index (χ4v) is 3.52. The van der Waals surface area contributed by atoms with E-state index in [9.17, 15) is 4.79 Å². The summed E-state index contributed by atoms with van der Waals surface area (Å²) in [6, 6.07) is 13.6. The van der Waals surface area contributed by atoms with Crippen LogP contribution in [0.25, 0.3) is 5.70 Å². The van der Waals surface area contributed by atoms with Gasteiger partial charge in [0, 0.05) is 37.9 Å². The number of likely N-dealkylation sites (N-methyl/N-ethyl adjacent to an activating group) is 1. The average Bonchev–Trinajstić information content (AvgIpc) is 3.09. The second-order valence-electron chi connectivity index (χ2n) is 7.42. The molecule has 2 aromatic carbocycles. The maximum Gasteiger partial charge on any atom is 0.251 e. The van der Waals surface area contributed by atoms with E-state index in [1.54, 1.807) is 23.3 Å². The van der Waals surface area contributed by atoms with Gasteiger partial charge < -0.3 is 21.4 Å². The molecule has 0 atom stereocenters. The van der Waals surface area contributed by atoms with Gasteiger partial charge >= 0.3 is 0 Å². The Kier molecular flexibility index (Phi) is 6.87. The first-order valence-corrected chi connectivity index (χ1v) is 9.78. The summed E-state index contributed by atoms with van der Waals surface area (Å²) < 4.78 is 0. The number of nitrogens with one attached hydrogen (secondary N) is 2. The van der Waals surface area contributed by atoms with Gasteiger partial charge in [0.2, 0.25) is 0 Å². The normalized spacial score (nSPS) is 14.0. The monoisotopic (exact) mass is 394 g/mol. The maximum absolute atomic E-state index is 12.1. The lowest BCUT2D eigenvalue weighted by molar-refractivity contribution is 0.0954. The van der Waals surface area contributed by atoms with Gasteiger partial charge in [-0.15, -0.1) is 0 Å². The minimum absolute atomic E-state index is 0.0993. The number of nitrogens with two attached hydrogens (primary N) is 2. The topological polar surface area (TPSA) is 99.6 Å². The number of carbonyl (C=O) groups is 1. The van der Waals surface area contributed by atoms with Gasteiger partial charge in [0.1, 0.15) is 0 Å². The lowest BCUT2D eigenvalue weighted by atomic mass is 10.0. The summed E-state index contributed by atoms with van der Waals surface area (Å²) in [4.78, 5) is 14.4. The van der Waals surface area contributed by atoms with Crippen molar-refractivity contribution in [2.24, 2.45) is 11.6 Å². The second-order valence-corrected chi connectivity index (χ2v) is 7.42. The number of carbonyl (C=O) groups excluding carboxylic acids is 1. The van der Waals surface area contributed by atoms with Crippen LogP contribution in [0.2, 0.25) is 0 Å². The van der Waals surface area contributed by atoms with E-state index in [1.807, 2.05) is 19.2 Å². The van der Waals surface area contributed by atoms with Gasteiger partial charge in [-0.2, -0.15) is 0 Å². The Labute approximate surface area is 172 Å². The Morgan fingerprint density at radius 1 is 1.14 bits per heavy atom. The molecule has 1 heterocycles. The zero-order valence-electron chi connectivity index (χ0n) is 17.1. The summed E-state index contributed by atoms with van der Waals surface area (Å²) >= 11 is 0. The van der Waals surface area contributed by atoms with E-state index in [2.05, 4.69) is 40.8 Å². The van der Waals surface area contributed by atoms with Crippen LogP contribution in [-0.2, 0) is 19.6 Å². The van der Waals surface area contributed by atoms with Gasteiger partial charge in [0.05, 0.1) is 12.2 Å². The minimum atomic E-state index is -0.0993. The summed E-state index contributed by atoms with van der Waals surface area (Å²) in [5.74, 6) is 6.11. The molecule has 6 N–H and O–H groups in total. The van der Waals surface area contributed by atoms with Crippen LogP contribution in [-0.4, -0.2) is 43.0 Å². The molecule has 0 saturated heterocycles. The van der Waals surface area contributed by atoms with Crippen LogP contribution in [0.15, 0.2) is 48.7 Å². The number of fused-ring (bicyclic) bond motifs is 1. The van der Waals surface area contributed by atoms with Crippen molar-refractivity contribution in [2.45, 2.75) is 19.6 Å². The Morgan fingerprint density at radius 2 is 1.86 bits per heavy atom. The third kappa shape index (κ3) is 5.35. The van der Waals surface area contributed by atoms with E-state index in [4.69, 9.17) is 11.6 Å². The van der Waals surface area contributed by atoms with Crippen LogP contribution in [0.5, 0.6) is 0 Å². The van der Waals surface area contributed by atoms with E-state index < -0.39 is 0 Å². The van der Waals surface area contributed by atoms with Crippen LogP contribution >= 0.6 is 0 Å². The molecule has 1 aliphatic rings. The standard InChI is InChI=1S/C22H30N6O/c1-25-10-11-26-22(29)17-8-6-16(7-9-17)21(23)15-28(24)13-19-5-3-4-18-12-27(2)14-20(18)19/h3-9,15,25H,10-14,23-24H2,1-2H3,(H,26,29)/b21-15-. The first-order valence-electron chi connectivity index (χ1n) is 9.78. The molecule has 154 valence electrons. The molecule has 0 saturated carbocycles. The molecule has 1 aliphatic heterocycles. The van der Waals surface area contributed by atoms with Crippen LogP contribution in [0, 0.1) is 0 Å². The fraction of sp³-hybridized carbons (Fsp3) is 0.318. The van der Waals surface area contributed by atoms with E-state index >= 15 is 0 Å². The highest BCUT2D eigenvalue weighted by Gasteiger charge is 2.18. The highest BCUT2D eigenvalue weighted by Crippen LogP contribution is 2.25. The minimum Gasteiger partial charge on any atom is -0.397 e. The number of benzene rings is 2. The zero-order valence-corrected chi connectivity index (χ0v) is 17.1. The van der Waals surface area contributed by atoms with Crippen molar-refractivity contribution in [3.8, 4) is 0 Å². The van der Waals surface area contributed by atoms with Crippen LogP contribution < -0.4 is 22.2 Å². The Hall–Kier alpha value is -2.87. The number of hydrogen-bond acceptors (Lipinski definition) is 6. The van der Waals surface area contributed by atoms with E-state index in [0.29, 0.717) is 24.4 Å². The van der Waals surface area contributed by atoms with Crippen molar-refractivity contribution in [1.82, 2.24) is 20.5 Å². The van der Waals surface area contributed by atoms with Crippen LogP contribution in [0.4, 0.5) is 0 Å². The molecular weight excluding hydrogens is 364 g/mol. The van der Waals surface area contributed by atoms with Gasteiger partial charge in [0.15, 0.2) is 0 Å². The molecule has 29 heavy (non-hydrogen) atoms. The number of nitrogens with zero attached hydrogens (tertiary/aromatic N) is 2. The number of hydrogen-bond donors (Lipinski definition) is 4. The predicted octanol–water partition coefficient (Wildman–Crippen LogP) is 1.21. The molecule has 1 amide bonds. The highest BCUT2D eigenvalue weighted by atomic mass is 16.1. The summed E-state index contributed by atoms with van der Waals surface area (Å²) in [5.41, 5.74) is 12.1. The third-order valence-corrected chi connectivity index (χ3v) is 5.04. The zero-order chi connectivity index (χ0) is 20.8. The molecule has 2 aromatic rings. The van der Waals surface area contributed by atoms with Crippen LogP contribution in [0.1, 0.15) is 32.6 Å². The van der Waals surface area contributed by atoms with Crippen molar-refractivity contribution in [3.05, 3.63) is 76.5 Å². The van der Waals surface area contributed by atoms with Gasteiger partial charge in [-0.3, -0.25) is 9.69 Å². The lowest BCUT2D eigenvalue weighted by Gasteiger charge is -2.17. The molecule has 0 aromatic heterocycles. The SMILES string of the molecule is CNCCNC(=O)c1ccc(/C(N)=C/N(N)Cc2cccc3c2CN(C)C3)cc1. The maximum atomic E-state index is 12.1. The smallest absolute Gasteiger partial charge is 0.251 e. The molecule has 7 heteroatoms. The van der Waals surface area contributed by atoms with Gasteiger partial charge in [-0.25, -0.2) is 5.84 Å². The third-order valence-electron chi connectivity index (χ3n) is 5.04. The van der Waals surface area contributed by atoms with E-state index in [-0.39, 0.29) is 5.91 Å². The van der Waals surface area contributed by atoms with Gasteiger partial charge in [-0.1, -0.05) is 30.3 Å². The Balaban J connectivity index is 1.63. The van der Waals surface area contributed by atoms with E-state index in [1.165, 1.54) is 16.7 Å². The van der Waals surface area contributed by atoms with E-state index in [0.717, 1.165) is 25.2 Å². The summed E-state index contributed by atoms with van der Waals surface area (Å²) in [6.45, 7) is 3.81. The first kappa shape index (κ1) is 20.9. The number of amides is 1. The summed E-state index contributed by atoms with van der Waals surface area (Å²) in [5, 5.41) is 7.46. The summed E-state index contributed by atoms with van der Waals surface area (Å²) in [6.07, 6.45) is 1.74. The molecule has 0 radical (unpaired) electrons. The Bertz CT molecular complexity index is 877. The molecule has 0 spiro atoms. The predicted molar refractivity (Wildman–Crippen MR) is 116 cm³/mol. The highest BCUT2D eigenvalue weighted by molar-refractivity contribution is 5.94. The molecule has 0 unspecified atom stereocenters. The molecule has 0 bridgehead atoms. The second kappa shape index (κ2) is 9.56. The van der Waals surface area contributed by atoms with Crippen molar-refractivity contribution >= 4 is 11.6 Å². The fourth-order valence-electron chi connectivity index (χ4n) is 3.52. The molecule has 7 nitrogen and oxygen atoms in total. The van der Waals surface area contributed by atoms with Crippen molar-refractivity contribution in [1.29, 1.82) is 0 Å². The largest absolute Gasteiger partial charge is 0.397 e. The average molecular weight is 395 g/mol.